The summed E-state index contributed by atoms with van der Waals surface area (Å²) < 4.78 is 6.48. The number of carbonyl (C=O) groups is 2. The SMILES string of the molecule is COC(=O)[C@H](Cc1ccccc1Br)NC(=O)c1cccc(Br)c1. The molecule has 6 heteroatoms. The molecule has 0 fully saturated rings. The minimum absolute atomic E-state index is 0.325. The summed E-state index contributed by atoms with van der Waals surface area (Å²) in [6.07, 6.45) is 0.341. The van der Waals surface area contributed by atoms with Crippen LogP contribution < -0.4 is 5.32 Å². The fourth-order valence-electron chi connectivity index (χ4n) is 2.09. The van der Waals surface area contributed by atoms with Crippen molar-refractivity contribution in [3.05, 3.63) is 68.6 Å². The van der Waals surface area contributed by atoms with E-state index in [-0.39, 0.29) is 5.91 Å². The van der Waals surface area contributed by atoms with E-state index in [9.17, 15) is 9.59 Å². The summed E-state index contributed by atoms with van der Waals surface area (Å²) >= 11 is 6.77. The van der Waals surface area contributed by atoms with Gasteiger partial charge >= 0.3 is 5.97 Å². The van der Waals surface area contributed by atoms with Gasteiger partial charge in [-0.2, -0.15) is 0 Å². The van der Waals surface area contributed by atoms with Gasteiger partial charge in [0.05, 0.1) is 7.11 Å². The highest BCUT2D eigenvalue weighted by atomic mass is 79.9. The number of hydrogen-bond donors (Lipinski definition) is 1. The minimum atomic E-state index is -0.759. The standard InChI is InChI=1S/C17H15Br2NO3/c1-23-17(22)15(10-11-5-2-3-8-14(11)19)20-16(21)12-6-4-7-13(18)9-12/h2-9,15H,10H2,1H3,(H,20,21)/t15-/m0/s1. The molecule has 0 bridgehead atoms. The Morgan fingerprint density at radius 2 is 1.87 bits per heavy atom. The molecule has 2 aromatic carbocycles. The normalized spacial score (nSPS) is 11.6. The highest BCUT2D eigenvalue weighted by molar-refractivity contribution is 9.10. The van der Waals surface area contributed by atoms with Crippen LogP contribution in [-0.2, 0) is 16.0 Å². The number of methoxy groups -OCH3 is 1. The number of carbonyl (C=O) groups excluding carboxylic acids is 2. The molecule has 0 saturated carbocycles. The number of esters is 1. The molecule has 4 nitrogen and oxygen atoms in total. The van der Waals surface area contributed by atoms with E-state index in [1.165, 1.54) is 7.11 Å². The number of benzene rings is 2. The zero-order valence-electron chi connectivity index (χ0n) is 12.4. The van der Waals surface area contributed by atoms with E-state index in [2.05, 4.69) is 37.2 Å². The third-order valence-corrected chi connectivity index (χ3v) is 4.53. The molecule has 23 heavy (non-hydrogen) atoms. The molecule has 0 aliphatic carbocycles. The van der Waals surface area contributed by atoms with E-state index in [0.29, 0.717) is 12.0 Å². The molecule has 2 rings (SSSR count). The van der Waals surface area contributed by atoms with Crippen LogP contribution in [0.4, 0.5) is 0 Å². The van der Waals surface area contributed by atoms with Gasteiger partial charge in [0.1, 0.15) is 6.04 Å². The average molecular weight is 441 g/mol. The van der Waals surface area contributed by atoms with Gasteiger partial charge in [0.25, 0.3) is 5.91 Å². The fourth-order valence-corrected chi connectivity index (χ4v) is 2.94. The van der Waals surface area contributed by atoms with Gasteiger partial charge in [0.2, 0.25) is 0 Å². The van der Waals surface area contributed by atoms with Crippen molar-refractivity contribution in [1.82, 2.24) is 5.32 Å². The lowest BCUT2D eigenvalue weighted by Crippen LogP contribution is -2.43. The van der Waals surface area contributed by atoms with Gasteiger partial charge in [-0.25, -0.2) is 4.79 Å². The molecule has 0 unspecified atom stereocenters. The molecule has 0 radical (unpaired) electrons. The zero-order chi connectivity index (χ0) is 16.8. The Morgan fingerprint density at radius 1 is 1.13 bits per heavy atom. The molecule has 0 aromatic heterocycles. The molecule has 1 atom stereocenters. The highest BCUT2D eigenvalue weighted by Gasteiger charge is 2.23. The summed E-state index contributed by atoms with van der Waals surface area (Å²) in [6, 6.07) is 13.8. The van der Waals surface area contributed by atoms with E-state index >= 15 is 0 Å². The number of nitrogens with one attached hydrogen (secondary N) is 1. The van der Waals surface area contributed by atoms with Gasteiger partial charge in [-0.1, -0.05) is 56.1 Å². The van der Waals surface area contributed by atoms with Crippen LogP contribution in [0.1, 0.15) is 15.9 Å². The molecule has 0 aliphatic heterocycles. The molecule has 1 amide bonds. The van der Waals surface area contributed by atoms with E-state index in [1.54, 1.807) is 18.2 Å². The quantitative estimate of drug-likeness (QED) is 0.720. The van der Waals surface area contributed by atoms with Crippen LogP contribution in [-0.4, -0.2) is 25.0 Å². The molecule has 120 valence electrons. The first-order chi connectivity index (χ1) is 11.0. The van der Waals surface area contributed by atoms with Crippen LogP contribution in [0, 0.1) is 0 Å². The number of rotatable bonds is 5. The van der Waals surface area contributed by atoms with Gasteiger partial charge in [-0.15, -0.1) is 0 Å². The van der Waals surface area contributed by atoms with E-state index in [0.717, 1.165) is 14.5 Å². The summed E-state index contributed by atoms with van der Waals surface area (Å²) in [5.41, 5.74) is 1.39. The highest BCUT2D eigenvalue weighted by Crippen LogP contribution is 2.18. The average Bonchev–Trinajstić information content (AvgIpc) is 2.55. The van der Waals surface area contributed by atoms with Crippen molar-refractivity contribution in [3.63, 3.8) is 0 Å². The molecular formula is C17H15Br2NO3. The second-order valence-corrected chi connectivity index (χ2v) is 6.63. The molecule has 1 N–H and O–H groups in total. The van der Waals surface area contributed by atoms with Gasteiger partial charge in [-0.05, 0) is 29.8 Å². The topological polar surface area (TPSA) is 55.4 Å². The number of hydrogen-bond acceptors (Lipinski definition) is 3. The van der Waals surface area contributed by atoms with Crippen molar-refractivity contribution in [2.45, 2.75) is 12.5 Å². The molecule has 0 aliphatic rings. The Morgan fingerprint density at radius 3 is 2.52 bits per heavy atom. The maximum Gasteiger partial charge on any atom is 0.328 e. The second-order valence-electron chi connectivity index (χ2n) is 4.86. The summed E-state index contributed by atoms with van der Waals surface area (Å²) in [5, 5.41) is 2.73. The van der Waals surface area contributed by atoms with Gasteiger partial charge < -0.3 is 10.1 Å². The van der Waals surface area contributed by atoms with Crippen molar-refractivity contribution in [3.8, 4) is 0 Å². The van der Waals surface area contributed by atoms with Crippen LogP contribution in [0.5, 0.6) is 0 Å². The summed E-state index contributed by atoms with van der Waals surface area (Å²) in [7, 11) is 1.31. The van der Waals surface area contributed by atoms with Crippen molar-refractivity contribution in [2.75, 3.05) is 7.11 Å². The van der Waals surface area contributed by atoms with Crippen LogP contribution in [0.3, 0.4) is 0 Å². The summed E-state index contributed by atoms with van der Waals surface area (Å²) in [5.74, 6) is -0.808. The maximum atomic E-state index is 12.4. The first-order valence-electron chi connectivity index (χ1n) is 6.89. The largest absolute Gasteiger partial charge is 0.467 e. The molecule has 2 aromatic rings. The molecular weight excluding hydrogens is 426 g/mol. The number of ether oxygens (including phenoxy) is 1. The van der Waals surface area contributed by atoms with Gasteiger partial charge in [-0.3, -0.25) is 4.79 Å². The number of halogens is 2. The number of amides is 1. The monoisotopic (exact) mass is 439 g/mol. The lowest BCUT2D eigenvalue weighted by Gasteiger charge is -2.17. The lowest BCUT2D eigenvalue weighted by molar-refractivity contribution is -0.142. The summed E-state index contributed by atoms with van der Waals surface area (Å²) in [6.45, 7) is 0. The lowest BCUT2D eigenvalue weighted by atomic mass is 10.1. The van der Waals surface area contributed by atoms with Crippen LogP contribution in [0.25, 0.3) is 0 Å². The Hall–Kier alpha value is -1.66. The Balaban J connectivity index is 2.17. The van der Waals surface area contributed by atoms with Crippen LogP contribution in [0.15, 0.2) is 57.5 Å². The maximum absolute atomic E-state index is 12.4. The van der Waals surface area contributed by atoms with E-state index in [1.807, 2.05) is 30.3 Å². The minimum Gasteiger partial charge on any atom is -0.467 e. The van der Waals surface area contributed by atoms with Crippen molar-refractivity contribution in [2.24, 2.45) is 0 Å². The Bertz CT molecular complexity index is 718. The predicted octanol–water partition coefficient (Wildman–Crippen LogP) is 3.73. The molecule has 0 heterocycles. The van der Waals surface area contributed by atoms with Crippen molar-refractivity contribution >= 4 is 43.7 Å². The third kappa shape index (κ3) is 4.91. The first kappa shape index (κ1) is 17.7. The molecule has 0 spiro atoms. The van der Waals surface area contributed by atoms with Gasteiger partial charge in [0.15, 0.2) is 0 Å². The first-order valence-corrected chi connectivity index (χ1v) is 8.47. The molecule has 0 saturated heterocycles. The van der Waals surface area contributed by atoms with E-state index in [4.69, 9.17) is 4.74 Å². The third-order valence-electron chi connectivity index (χ3n) is 3.26. The van der Waals surface area contributed by atoms with Crippen LogP contribution in [0.2, 0.25) is 0 Å². The summed E-state index contributed by atoms with van der Waals surface area (Å²) in [4.78, 5) is 24.4. The predicted molar refractivity (Wildman–Crippen MR) is 95.3 cm³/mol. The Labute approximate surface area is 151 Å². The van der Waals surface area contributed by atoms with Crippen LogP contribution >= 0.6 is 31.9 Å². The smallest absolute Gasteiger partial charge is 0.328 e. The zero-order valence-corrected chi connectivity index (χ0v) is 15.6. The van der Waals surface area contributed by atoms with E-state index < -0.39 is 12.0 Å². The van der Waals surface area contributed by atoms with Crippen molar-refractivity contribution < 1.29 is 14.3 Å². The van der Waals surface area contributed by atoms with Crippen molar-refractivity contribution in [1.29, 1.82) is 0 Å². The fraction of sp³-hybridized carbons (Fsp3) is 0.176. The second kappa shape index (κ2) is 8.26. The Kier molecular flexibility index (Phi) is 6.36. The van der Waals surface area contributed by atoms with Gasteiger partial charge in [0, 0.05) is 20.9 Å².